The fourth-order valence-electron chi connectivity index (χ4n) is 2.54. The molecule has 0 fully saturated rings. The summed E-state index contributed by atoms with van der Waals surface area (Å²) in [6, 6.07) is 0. The lowest BCUT2D eigenvalue weighted by molar-refractivity contribution is 0.220. The highest BCUT2D eigenvalue weighted by Crippen LogP contribution is 2.11. The second-order valence-corrected chi connectivity index (χ2v) is 5.58. The Labute approximate surface area is 124 Å². The van der Waals surface area contributed by atoms with Gasteiger partial charge in [-0.05, 0) is 18.9 Å². The van der Waals surface area contributed by atoms with Crippen molar-refractivity contribution >= 4 is 0 Å². The van der Waals surface area contributed by atoms with Gasteiger partial charge in [0.15, 0.2) is 0 Å². The molecule has 0 aromatic heterocycles. The molecule has 2 N–H and O–H groups in total. The molecule has 20 heavy (non-hydrogen) atoms. The number of hydrogen-bond donors (Lipinski definition) is 2. The van der Waals surface area contributed by atoms with Gasteiger partial charge in [0, 0.05) is 18.9 Å². The Morgan fingerprint density at radius 2 is 1.80 bits per heavy atom. The minimum absolute atomic E-state index is 0.203. The van der Waals surface area contributed by atoms with Crippen molar-refractivity contribution in [3.05, 3.63) is 24.6 Å². The molecular weight excluding hydrogens is 248 g/mol. The third-order valence-corrected chi connectivity index (χ3v) is 3.79. The largest absolute Gasteiger partial charge is 0.395 e. The van der Waals surface area contributed by atoms with Crippen molar-refractivity contribution in [3.8, 4) is 0 Å². The second-order valence-electron chi connectivity index (χ2n) is 5.58. The number of aliphatic hydroxyl groups excluding tert-OH is 1. The van der Waals surface area contributed by atoms with Crippen LogP contribution in [0.4, 0.5) is 0 Å². The Kier molecular flexibility index (Phi) is 10.1. The normalized spacial score (nSPS) is 18.1. The van der Waals surface area contributed by atoms with E-state index in [0.717, 1.165) is 0 Å². The van der Waals surface area contributed by atoms with E-state index in [1.807, 2.05) is 12.4 Å². The summed E-state index contributed by atoms with van der Waals surface area (Å²) in [7, 11) is 0. The number of nitrogens with one attached hydrogen (secondary N) is 1. The first kappa shape index (κ1) is 17.1. The van der Waals surface area contributed by atoms with Crippen LogP contribution >= 0.6 is 0 Å². The van der Waals surface area contributed by atoms with Crippen LogP contribution in [0.25, 0.3) is 0 Å². The fourth-order valence-corrected chi connectivity index (χ4v) is 2.54. The number of rotatable bonds is 12. The molecular formula is C17H32N2O. The third kappa shape index (κ3) is 7.59. The molecule has 0 amide bonds. The van der Waals surface area contributed by atoms with Crippen LogP contribution in [0.2, 0.25) is 0 Å². The Bertz CT molecular complexity index is 276. The number of nitrogens with zero attached hydrogens (tertiary/aromatic N) is 1. The molecule has 1 heterocycles. The molecule has 0 aromatic rings. The molecule has 1 unspecified atom stereocenters. The van der Waals surface area contributed by atoms with Crippen LogP contribution in [0.15, 0.2) is 24.6 Å². The van der Waals surface area contributed by atoms with Crippen LogP contribution in [0.3, 0.4) is 0 Å². The van der Waals surface area contributed by atoms with Gasteiger partial charge >= 0.3 is 0 Å². The second kappa shape index (κ2) is 11.8. The lowest BCUT2D eigenvalue weighted by Gasteiger charge is -2.21. The molecule has 0 radical (unpaired) electrons. The molecule has 3 heteroatoms. The van der Waals surface area contributed by atoms with Crippen LogP contribution in [0.1, 0.15) is 64.7 Å². The van der Waals surface area contributed by atoms with E-state index in [4.69, 9.17) is 5.11 Å². The summed E-state index contributed by atoms with van der Waals surface area (Å²) in [5.41, 5.74) is 0. The maximum absolute atomic E-state index is 8.96. The van der Waals surface area contributed by atoms with Gasteiger partial charge in [-0.2, -0.15) is 0 Å². The van der Waals surface area contributed by atoms with Crippen molar-refractivity contribution in [2.24, 2.45) is 0 Å². The topological polar surface area (TPSA) is 35.5 Å². The van der Waals surface area contributed by atoms with Crippen LogP contribution in [0.5, 0.6) is 0 Å². The van der Waals surface area contributed by atoms with Gasteiger partial charge in [-0.1, -0.05) is 57.9 Å². The fraction of sp³-hybridized carbons (Fsp3) is 0.765. The average molecular weight is 280 g/mol. The quantitative estimate of drug-likeness (QED) is 0.422. The van der Waals surface area contributed by atoms with E-state index in [1.165, 1.54) is 57.8 Å². The van der Waals surface area contributed by atoms with E-state index in [9.17, 15) is 0 Å². The van der Waals surface area contributed by atoms with Gasteiger partial charge in [-0.25, -0.2) is 0 Å². The Morgan fingerprint density at radius 3 is 2.50 bits per heavy atom. The monoisotopic (exact) mass is 280 g/mol. The molecule has 0 aromatic carbocycles. The molecule has 0 aliphatic carbocycles. The minimum Gasteiger partial charge on any atom is -0.395 e. The van der Waals surface area contributed by atoms with Crippen molar-refractivity contribution in [3.63, 3.8) is 0 Å². The first-order valence-electron chi connectivity index (χ1n) is 8.34. The summed E-state index contributed by atoms with van der Waals surface area (Å²) in [6.45, 7) is 3.16. The molecule has 1 aliphatic heterocycles. The number of unbranched alkanes of at least 4 members (excludes halogenated alkanes) is 8. The Hall–Kier alpha value is -0.960. The van der Waals surface area contributed by atoms with E-state index in [2.05, 4.69) is 29.3 Å². The van der Waals surface area contributed by atoms with Crippen molar-refractivity contribution in [2.45, 2.75) is 70.9 Å². The first-order chi connectivity index (χ1) is 9.88. The predicted octanol–water partition coefficient (Wildman–Crippen LogP) is 3.77. The smallest absolute Gasteiger partial charge is 0.118 e. The van der Waals surface area contributed by atoms with Gasteiger partial charge < -0.3 is 15.3 Å². The summed E-state index contributed by atoms with van der Waals surface area (Å²) in [6.07, 6.45) is 20.8. The molecule has 116 valence electrons. The van der Waals surface area contributed by atoms with Gasteiger partial charge in [0.1, 0.15) is 6.17 Å². The first-order valence-corrected chi connectivity index (χ1v) is 8.34. The molecule has 0 bridgehead atoms. The molecule has 1 rings (SSSR count). The van der Waals surface area contributed by atoms with Gasteiger partial charge in [-0.3, -0.25) is 0 Å². The van der Waals surface area contributed by atoms with Crippen molar-refractivity contribution in [1.29, 1.82) is 0 Å². The summed E-state index contributed by atoms with van der Waals surface area (Å²) in [5, 5.41) is 12.2. The van der Waals surface area contributed by atoms with E-state index in [-0.39, 0.29) is 12.8 Å². The number of allylic oxidation sites excluding steroid dienone is 1. The van der Waals surface area contributed by atoms with Crippen LogP contribution in [-0.4, -0.2) is 29.3 Å². The Morgan fingerprint density at radius 1 is 1.10 bits per heavy atom. The van der Waals surface area contributed by atoms with Crippen LogP contribution in [-0.2, 0) is 0 Å². The van der Waals surface area contributed by atoms with E-state index >= 15 is 0 Å². The summed E-state index contributed by atoms with van der Waals surface area (Å²) in [4.78, 5) is 2.12. The van der Waals surface area contributed by atoms with Crippen LogP contribution in [0, 0.1) is 0 Å². The zero-order valence-electron chi connectivity index (χ0n) is 13.1. The lowest BCUT2D eigenvalue weighted by Crippen LogP contribution is -2.35. The molecule has 1 aliphatic rings. The third-order valence-electron chi connectivity index (χ3n) is 3.79. The standard InChI is InChI=1S/C17H32N2O/c1-2-3-4-5-6-7-8-9-10-11-12-17-18-13-14-19(17)15-16-20/h11-14,17-18,20H,2-10,15-16H2,1H3/b12-11+. The van der Waals surface area contributed by atoms with Gasteiger partial charge in [0.2, 0.25) is 0 Å². The van der Waals surface area contributed by atoms with Crippen LogP contribution < -0.4 is 5.32 Å². The van der Waals surface area contributed by atoms with Gasteiger partial charge in [0.05, 0.1) is 6.61 Å². The SMILES string of the molecule is CCCCCCCCCC/C=C/C1NC=CN1CCO. The molecule has 3 nitrogen and oxygen atoms in total. The predicted molar refractivity (Wildman–Crippen MR) is 86.2 cm³/mol. The summed E-state index contributed by atoms with van der Waals surface area (Å²) < 4.78 is 0. The number of aliphatic hydroxyl groups is 1. The van der Waals surface area contributed by atoms with Crippen molar-refractivity contribution in [2.75, 3.05) is 13.2 Å². The summed E-state index contributed by atoms with van der Waals surface area (Å²) >= 11 is 0. The van der Waals surface area contributed by atoms with Gasteiger partial charge in [0.25, 0.3) is 0 Å². The number of hydrogen-bond acceptors (Lipinski definition) is 3. The number of β-amino-alcohol motifs (C(OH)–C–C–N with tert-alkyl or cyclic N) is 1. The maximum atomic E-state index is 8.96. The highest BCUT2D eigenvalue weighted by molar-refractivity contribution is 5.04. The van der Waals surface area contributed by atoms with Crippen molar-refractivity contribution < 1.29 is 5.11 Å². The highest BCUT2D eigenvalue weighted by atomic mass is 16.3. The Balaban J connectivity index is 1.94. The van der Waals surface area contributed by atoms with E-state index < -0.39 is 0 Å². The molecule has 0 saturated heterocycles. The average Bonchev–Trinajstić information content (AvgIpc) is 2.89. The van der Waals surface area contributed by atoms with Crippen molar-refractivity contribution in [1.82, 2.24) is 10.2 Å². The van der Waals surface area contributed by atoms with E-state index in [0.29, 0.717) is 6.54 Å². The highest BCUT2D eigenvalue weighted by Gasteiger charge is 2.13. The molecule has 0 saturated carbocycles. The van der Waals surface area contributed by atoms with E-state index in [1.54, 1.807) is 0 Å². The maximum Gasteiger partial charge on any atom is 0.118 e. The molecule has 0 spiro atoms. The zero-order chi connectivity index (χ0) is 14.5. The minimum atomic E-state index is 0.203. The zero-order valence-corrected chi connectivity index (χ0v) is 13.1. The summed E-state index contributed by atoms with van der Waals surface area (Å²) in [5.74, 6) is 0. The lowest BCUT2D eigenvalue weighted by atomic mass is 10.1. The molecule has 1 atom stereocenters. The van der Waals surface area contributed by atoms with Gasteiger partial charge in [-0.15, -0.1) is 0 Å².